The summed E-state index contributed by atoms with van der Waals surface area (Å²) in [5.41, 5.74) is 9.54. The van der Waals surface area contributed by atoms with Gasteiger partial charge < -0.3 is 21.3 Å². The lowest BCUT2D eigenvalue weighted by Gasteiger charge is -2.34. The summed E-state index contributed by atoms with van der Waals surface area (Å²) in [6, 6.07) is 5.32. The van der Waals surface area contributed by atoms with E-state index in [-0.39, 0.29) is 11.8 Å². The quantitative estimate of drug-likeness (QED) is 0.683. The van der Waals surface area contributed by atoms with Gasteiger partial charge in [-0.2, -0.15) is 4.98 Å². The number of anilines is 4. The average Bonchev–Trinajstić information content (AvgIpc) is 3.14. The highest BCUT2D eigenvalue weighted by molar-refractivity contribution is 6.31. The average molecular weight is 401 g/mol. The molecule has 2 heterocycles. The number of hydrogen-bond donors (Lipinski definition) is 3. The summed E-state index contributed by atoms with van der Waals surface area (Å²) >= 11 is 6.12. The van der Waals surface area contributed by atoms with Crippen LogP contribution in [0.4, 0.5) is 23.1 Å². The molecule has 1 fully saturated rings. The highest BCUT2D eigenvalue weighted by Crippen LogP contribution is 2.33. The van der Waals surface area contributed by atoms with Crippen molar-refractivity contribution in [3.63, 3.8) is 0 Å². The lowest BCUT2D eigenvalue weighted by Crippen LogP contribution is -2.43. The number of fused-ring (bicyclic) bond motifs is 1. The van der Waals surface area contributed by atoms with Crippen LogP contribution in [0.15, 0.2) is 18.2 Å². The highest BCUT2D eigenvalue weighted by atomic mass is 35.5. The molecule has 0 unspecified atom stereocenters. The number of rotatable bonds is 4. The molecule has 0 radical (unpaired) electrons. The number of piperidine rings is 1. The first-order valence-electron chi connectivity index (χ1n) is 9.73. The number of nitrogens with one attached hydrogen (secondary N) is 2. The Bertz CT molecular complexity index is 882. The molecule has 0 saturated carbocycles. The second-order valence-corrected chi connectivity index (χ2v) is 7.88. The number of nitrogens with two attached hydrogens (primary N) is 1. The summed E-state index contributed by atoms with van der Waals surface area (Å²) in [6.07, 6.45) is 4.90. The van der Waals surface area contributed by atoms with Crippen molar-refractivity contribution < 1.29 is 4.79 Å². The number of carbonyl (C=O) groups is 1. The van der Waals surface area contributed by atoms with Gasteiger partial charge in [0.05, 0.1) is 11.6 Å². The number of nitrogens with zero attached hydrogens (tertiary/aromatic N) is 3. The lowest BCUT2D eigenvalue weighted by atomic mass is 9.97. The van der Waals surface area contributed by atoms with Crippen molar-refractivity contribution in [2.45, 2.75) is 32.1 Å². The molecular weight excluding hydrogens is 376 g/mol. The minimum Gasteiger partial charge on any atom is -0.399 e. The first-order valence-corrected chi connectivity index (χ1v) is 10.1. The zero-order valence-electron chi connectivity index (χ0n) is 16.0. The topological polar surface area (TPSA) is 96.2 Å². The van der Waals surface area contributed by atoms with Gasteiger partial charge in [-0.05, 0) is 50.3 Å². The molecule has 8 heteroatoms. The number of carbonyl (C=O) groups excluding carboxylic acids is 1. The van der Waals surface area contributed by atoms with E-state index in [0.29, 0.717) is 23.2 Å². The van der Waals surface area contributed by atoms with E-state index in [1.165, 1.54) is 5.56 Å². The fourth-order valence-corrected chi connectivity index (χ4v) is 4.37. The number of halogens is 1. The minimum atomic E-state index is -0.00472. The van der Waals surface area contributed by atoms with Crippen molar-refractivity contribution in [3.05, 3.63) is 34.5 Å². The number of benzene rings is 1. The van der Waals surface area contributed by atoms with E-state index in [0.717, 1.165) is 55.8 Å². The van der Waals surface area contributed by atoms with Crippen LogP contribution >= 0.6 is 11.6 Å². The number of amides is 1. The van der Waals surface area contributed by atoms with E-state index in [4.69, 9.17) is 27.3 Å². The van der Waals surface area contributed by atoms with E-state index in [2.05, 4.69) is 15.5 Å². The number of nitrogen functional groups attached to an aromatic ring is 1. The van der Waals surface area contributed by atoms with Gasteiger partial charge in [0.1, 0.15) is 5.82 Å². The number of aromatic nitrogens is 2. The van der Waals surface area contributed by atoms with Gasteiger partial charge in [0.2, 0.25) is 11.9 Å². The standard InChI is InChI=1S/C20H25ClN6O/c1-23-19(28)12-4-3-7-27(11-12)18-16-5-2-6-17(16)25-20(26-18)24-15-9-13(21)8-14(22)10-15/h8-10,12H,2-7,11,22H2,1H3,(H,23,28)(H,24,25,26)/t12-/m1/s1. The Kier molecular flexibility index (Phi) is 5.26. The summed E-state index contributed by atoms with van der Waals surface area (Å²) in [6.45, 7) is 1.59. The van der Waals surface area contributed by atoms with Gasteiger partial charge in [0.15, 0.2) is 0 Å². The molecule has 0 bridgehead atoms. The molecule has 2 aliphatic rings. The molecule has 7 nitrogen and oxygen atoms in total. The van der Waals surface area contributed by atoms with Gasteiger partial charge in [-0.25, -0.2) is 4.98 Å². The van der Waals surface area contributed by atoms with Crippen LogP contribution in [0.3, 0.4) is 0 Å². The van der Waals surface area contributed by atoms with E-state index >= 15 is 0 Å². The molecule has 1 aliphatic carbocycles. The molecule has 0 spiro atoms. The third-order valence-corrected chi connectivity index (χ3v) is 5.64. The molecule has 4 N–H and O–H groups in total. The lowest BCUT2D eigenvalue weighted by molar-refractivity contribution is -0.124. The van der Waals surface area contributed by atoms with Crippen molar-refractivity contribution in [2.75, 3.05) is 36.1 Å². The molecule has 1 amide bonds. The zero-order chi connectivity index (χ0) is 19.7. The molecule has 1 atom stereocenters. The minimum absolute atomic E-state index is 0.00472. The number of aryl methyl sites for hydroxylation is 1. The van der Waals surface area contributed by atoms with Crippen LogP contribution in [-0.4, -0.2) is 36.0 Å². The van der Waals surface area contributed by atoms with E-state index in [1.807, 2.05) is 6.07 Å². The Morgan fingerprint density at radius 2 is 2.11 bits per heavy atom. The Morgan fingerprint density at radius 1 is 1.25 bits per heavy atom. The first-order chi connectivity index (χ1) is 13.5. The monoisotopic (exact) mass is 400 g/mol. The van der Waals surface area contributed by atoms with Crippen LogP contribution in [0.1, 0.15) is 30.5 Å². The molecule has 2 aromatic rings. The normalized spacial score (nSPS) is 18.6. The molecule has 1 saturated heterocycles. The van der Waals surface area contributed by atoms with E-state index in [9.17, 15) is 4.79 Å². The summed E-state index contributed by atoms with van der Waals surface area (Å²) in [5.74, 6) is 1.59. The second-order valence-electron chi connectivity index (χ2n) is 7.45. The molecule has 4 rings (SSSR count). The third kappa shape index (κ3) is 3.85. The smallest absolute Gasteiger partial charge is 0.229 e. The maximum Gasteiger partial charge on any atom is 0.229 e. The van der Waals surface area contributed by atoms with Crippen molar-refractivity contribution >= 4 is 40.6 Å². The van der Waals surface area contributed by atoms with Crippen LogP contribution in [0.2, 0.25) is 5.02 Å². The summed E-state index contributed by atoms with van der Waals surface area (Å²) < 4.78 is 0. The van der Waals surface area contributed by atoms with Crippen molar-refractivity contribution in [1.29, 1.82) is 0 Å². The SMILES string of the molecule is CNC(=O)[C@@H]1CCCN(c2nc(Nc3cc(N)cc(Cl)c3)nc3c2CCC3)C1. The second kappa shape index (κ2) is 7.83. The summed E-state index contributed by atoms with van der Waals surface area (Å²) in [7, 11) is 1.70. The summed E-state index contributed by atoms with van der Waals surface area (Å²) in [5, 5.41) is 6.59. The van der Waals surface area contributed by atoms with E-state index < -0.39 is 0 Å². The Labute approximate surface area is 169 Å². The molecule has 1 aliphatic heterocycles. The fraction of sp³-hybridized carbons (Fsp3) is 0.450. The van der Waals surface area contributed by atoms with Gasteiger partial charge in [0.25, 0.3) is 0 Å². The Morgan fingerprint density at radius 3 is 2.89 bits per heavy atom. The number of hydrogen-bond acceptors (Lipinski definition) is 6. The maximum absolute atomic E-state index is 12.1. The van der Waals surface area contributed by atoms with Crippen LogP contribution < -0.4 is 21.3 Å². The highest BCUT2D eigenvalue weighted by Gasteiger charge is 2.29. The van der Waals surface area contributed by atoms with E-state index in [1.54, 1.807) is 19.2 Å². The van der Waals surface area contributed by atoms with Gasteiger partial charge in [-0.15, -0.1) is 0 Å². The maximum atomic E-state index is 12.1. The van der Waals surface area contributed by atoms with Gasteiger partial charge in [-0.1, -0.05) is 11.6 Å². The molecule has 1 aromatic carbocycles. The largest absolute Gasteiger partial charge is 0.399 e. The fourth-order valence-electron chi connectivity index (χ4n) is 4.13. The van der Waals surface area contributed by atoms with Gasteiger partial charge >= 0.3 is 0 Å². The predicted octanol–water partition coefficient (Wildman–Crippen LogP) is 2.91. The third-order valence-electron chi connectivity index (χ3n) is 5.43. The van der Waals surface area contributed by atoms with Gasteiger partial charge in [-0.3, -0.25) is 4.79 Å². The van der Waals surface area contributed by atoms with Crippen LogP contribution in [0, 0.1) is 5.92 Å². The molecule has 28 heavy (non-hydrogen) atoms. The van der Waals surface area contributed by atoms with Crippen molar-refractivity contribution in [1.82, 2.24) is 15.3 Å². The zero-order valence-corrected chi connectivity index (χ0v) is 16.7. The Balaban J connectivity index is 1.65. The predicted molar refractivity (Wildman–Crippen MR) is 112 cm³/mol. The van der Waals surface area contributed by atoms with Crippen LogP contribution in [-0.2, 0) is 17.6 Å². The first kappa shape index (κ1) is 18.8. The summed E-state index contributed by atoms with van der Waals surface area (Å²) in [4.78, 5) is 23.9. The van der Waals surface area contributed by atoms with Gasteiger partial charge in [0, 0.05) is 42.1 Å². The Hall–Kier alpha value is -2.54. The van der Waals surface area contributed by atoms with Crippen molar-refractivity contribution in [2.24, 2.45) is 5.92 Å². The van der Waals surface area contributed by atoms with Crippen LogP contribution in [0.25, 0.3) is 0 Å². The molecular formula is C20H25ClN6O. The molecule has 1 aromatic heterocycles. The van der Waals surface area contributed by atoms with Crippen LogP contribution in [0.5, 0.6) is 0 Å². The molecule has 148 valence electrons. The van der Waals surface area contributed by atoms with Crippen molar-refractivity contribution in [3.8, 4) is 0 Å².